The van der Waals surface area contributed by atoms with E-state index < -0.39 is 0 Å². The first-order valence-electron chi connectivity index (χ1n) is 7.52. The van der Waals surface area contributed by atoms with Gasteiger partial charge in [-0.15, -0.1) is 0 Å². The summed E-state index contributed by atoms with van der Waals surface area (Å²) < 4.78 is 0. The first kappa shape index (κ1) is 12.9. The molecule has 2 aliphatic carbocycles. The maximum Gasteiger partial charge on any atom is 0.0202 e. The molecule has 16 heavy (non-hydrogen) atoms. The lowest BCUT2D eigenvalue weighted by Gasteiger charge is -2.28. The molecule has 0 amide bonds. The van der Waals surface area contributed by atoms with E-state index in [1.54, 1.807) is 0 Å². The van der Waals surface area contributed by atoms with E-state index in [9.17, 15) is 0 Å². The van der Waals surface area contributed by atoms with Crippen LogP contribution in [0.15, 0.2) is 0 Å². The minimum absolute atomic E-state index is 0.837. The van der Waals surface area contributed by atoms with E-state index >= 15 is 0 Å². The van der Waals surface area contributed by atoms with Crippen molar-refractivity contribution in [1.82, 2.24) is 0 Å². The Labute approximate surface area is 110 Å². The van der Waals surface area contributed by atoms with Crippen LogP contribution in [0.1, 0.15) is 77.0 Å². The SMILES string of the molecule is BrC(C1CCCCCC1)C1CCCCCC1. The van der Waals surface area contributed by atoms with Gasteiger partial charge in [0.1, 0.15) is 0 Å². The van der Waals surface area contributed by atoms with Gasteiger partial charge in [-0.25, -0.2) is 0 Å². The normalized spacial score (nSPS) is 26.6. The number of alkyl halides is 1. The van der Waals surface area contributed by atoms with E-state index in [-0.39, 0.29) is 0 Å². The molecule has 0 saturated heterocycles. The quantitative estimate of drug-likeness (QED) is 0.452. The van der Waals surface area contributed by atoms with Gasteiger partial charge in [-0.3, -0.25) is 0 Å². The molecular weight excluding hydrogens is 260 g/mol. The molecule has 2 saturated carbocycles. The number of rotatable bonds is 2. The van der Waals surface area contributed by atoms with Crippen LogP contribution >= 0.6 is 15.9 Å². The highest BCUT2D eigenvalue weighted by Gasteiger charge is 2.27. The maximum atomic E-state index is 4.07. The standard InChI is InChI=1S/C15H27Br/c16-15(13-9-5-1-2-6-10-13)14-11-7-3-4-8-12-14/h13-15H,1-12H2. The molecule has 0 atom stereocenters. The van der Waals surface area contributed by atoms with E-state index in [1.807, 2.05) is 0 Å². The summed E-state index contributed by atoms with van der Waals surface area (Å²) >= 11 is 4.07. The molecule has 0 aromatic rings. The highest BCUT2D eigenvalue weighted by Crippen LogP contribution is 2.38. The molecule has 0 aromatic heterocycles. The molecule has 0 aromatic carbocycles. The van der Waals surface area contributed by atoms with Crippen molar-refractivity contribution in [3.05, 3.63) is 0 Å². The predicted molar refractivity (Wildman–Crippen MR) is 75.1 cm³/mol. The summed E-state index contributed by atoms with van der Waals surface area (Å²) in [6, 6.07) is 0. The van der Waals surface area contributed by atoms with Crippen molar-refractivity contribution in [1.29, 1.82) is 0 Å². The van der Waals surface area contributed by atoms with Gasteiger partial charge in [0, 0.05) is 4.83 Å². The zero-order chi connectivity index (χ0) is 11.2. The summed E-state index contributed by atoms with van der Waals surface area (Å²) in [4.78, 5) is 0.837. The lowest BCUT2D eigenvalue weighted by molar-refractivity contribution is 0.333. The first-order valence-corrected chi connectivity index (χ1v) is 8.43. The van der Waals surface area contributed by atoms with E-state index in [2.05, 4.69) is 15.9 Å². The van der Waals surface area contributed by atoms with Gasteiger partial charge in [0.2, 0.25) is 0 Å². The summed E-state index contributed by atoms with van der Waals surface area (Å²) in [5.74, 6) is 1.98. The van der Waals surface area contributed by atoms with Crippen LogP contribution in [-0.2, 0) is 0 Å². The Morgan fingerprint density at radius 1 is 0.562 bits per heavy atom. The fraction of sp³-hybridized carbons (Fsp3) is 1.00. The van der Waals surface area contributed by atoms with Crippen LogP contribution in [-0.4, -0.2) is 4.83 Å². The first-order chi connectivity index (χ1) is 7.88. The Kier molecular flexibility index (Phi) is 5.68. The fourth-order valence-corrected chi connectivity index (χ4v) is 4.70. The Morgan fingerprint density at radius 3 is 1.19 bits per heavy atom. The summed E-state index contributed by atoms with van der Waals surface area (Å²) in [6.07, 6.45) is 17.9. The Hall–Kier alpha value is 0.480. The van der Waals surface area contributed by atoms with Crippen molar-refractivity contribution in [2.45, 2.75) is 81.9 Å². The van der Waals surface area contributed by atoms with E-state index in [4.69, 9.17) is 0 Å². The molecule has 94 valence electrons. The van der Waals surface area contributed by atoms with Crippen molar-refractivity contribution in [3.8, 4) is 0 Å². The summed E-state index contributed by atoms with van der Waals surface area (Å²) in [6.45, 7) is 0. The summed E-state index contributed by atoms with van der Waals surface area (Å²) in [5, 5.41) is 0. The smallest absolute Gasteiger partial charge is 0.0202 e. The van der Waals surface area contributed by atoms with Gasteiger partial charge in [0.05, 0.1) is 0 Å². The van der Waals surface area contributed by atoms with Crippen LogP contribution in [0.2, 0.25) is 0 Å². The minimum Gasteiger partial charge on any atom is -0.0885 e. The minimum atomic E-state index is 0.837. The van der Waals surface area contributed by atoms with Gasteiger partial charge in [-0.2, -0.15) is 0 Å². The van der Waals surface area contributed by atoms with Crippen molar-refractivity contribution >= 4 is 15.9 Å². The zero-order valence-electron chi connectivity index (χ0n) is 10.6. The van der Waals surface area contributed by atoms with Gasteiger partial charge >= 0.3 is 0 Å². The molecule has 0 heterocycles. The average molecular weight is 287 g/mol. The van der Waals surface area contributed by atoms with Crippen molar-refractivity contribution in [3.63, 3.8) is 0 Å². The number of hydrogen-bond acceptors (Lipinski definition) is 0. The van der Waals surface area contributed by atoms with Crippen LogP contribution in [0.3, 0.4) is 0 Å². The van der Waals surface area contributed by atoms with Crippen LogP contribution in [0.25, 0.3) is 0 Å². The molecule has 0 spiro atoms. The van der Waals surface area contributed by atoms with Crippen LogP contribution < -0.4 is 0 Å². The van der Waals surface area contributed by atoms with Gasteiger partial charge < -0.3 is 0 Å². The molecule has 2 fully saturated rings. The molecule has 2 rings (SSSR count). The van der Waals surface area contributed by atoms with E-state index in [1.165, 1.54) is 77.0 Å². The molecule has 0 nitrogen and oxygen atoms in total. The van der Waals surface area contributed by atoms with Crippen LogP contribution in [0.4, 0.5) is 0 Å². The maximum absolute atomic E-state index is 4.07. The summed E-state index contributed by atoms with van der Waals surface area (Å²) in [7, 11) is 0. The third-order valence-corrected chi connectivity index (χ3v) is 6.20. The van der Waals surface area contributed by atoms with Gasteiger partial charge in [0.25, 0.3) is 0 Å². The Morgan fingerprint density at radius 2 is 0.875 bits per heavy atom. The third kappa shape index (κ3) is 3.75. The molecule has 2 aliphatic rings. The molecular formula is C15H27Br. The van der Waals surface area contributed by atoms with Crippen LogP contribution in [0.5, 0.6) is 0 Å². The van der Waals surface area contributed by atoms with Gasteiger partial charge in [0.15, 0.2) is 0 Å². The number of hydrogen-bond donors (Lipinski definition) is 0. The Bertz CT molecular complexity index is 154. The topological polar surface area (TPSA) is 0 Å². The second-order valence-electron chi connectivity index (χ2n) is 5.95. The largest absolute Gasteiger partial charge is 0.0885 e. The summed E-state index contributed by atoms with van der Waals surface area (Å²) in [5.41, 5.74) is 0. The molecule has 1 heteroatoms. The lowest BCUT2D eigenvalue weighted by Crippen LogP contribution is -2.23. The van der Waals surface area contributed by atoms with Crippen LogP contribution in [0, 0.1) is 11.8 Å². The molecule has 0 bridgehead atoms. The highest BCUT2D eigenvalue weighted by atomic mass is 79.9. The molecule has 0 radical (unpaired) electrons. The third-order valence-electron chi connectivity index (χ3n) is 4.70. The fourth-order valence-electron chi connectivity index (χ4n) is 3.64. The predicted octanol–water partition coefficient (Wildman–Crippen LogP) is 5.69. The van der Waals surface area contributed by atoms with Crippen molar-refractivity contribution < 1.29 is 0 Å². The molecule has 0 aliphatic heterocycles. The van der Waals surface area contributed by atoms with Gasteiger partial charge in [-0.1, -0.05) is 67.3 Å². The second kappa shape index (κ2) is 7.03. The Balaban J connectivity index is 1.85. The van der Waals surface area contributed by atoms with E-state index in [0.29, 0.717) is 0 Å². The molecule has 0 N–H and O–H groups in total. The van der Waals surface area contributed by atoms with Gasteiger partial charge in [-0.05, 0) is 37.5 Å². The zero-order valence-corrected chi connectivity index (χ0v) is 12.2. The average Bonchev–Trinajstić information content (AvgIpc) is 2.73. The monoisotopic (exact) mass is 286 g/mol. The molecule has 0 unspecified atom stereocenters. The highest BCUT2D eigenvalue weighted by molar-refractivity contribution is 9.09. The number of halogens is 1. The second-order valence-corrected chi connectivity index (χ2v) is 7.01. The van der Waals surface area contributed by atoms with E-state index in [0.717, 1.165) is 16.7 Å². The van der Waals surface area contributed by atoms with Crippen molar-refractivity contribution in [2.75, 3.05) is 0 Å². The van der Waals surface area contributed by atoms with Crippen molar-refractivity contribution in [2.24, 2.45) is 11.8 Å². The lowest BCUT2D eigenvalue weighted by atomic mass is 9.85.